The number of hydrogen-bond donors (Lipinski definition) is 1. The van der Waals surface area contributed by atoms with Gasteiger partial charge in [-0.1, -0.05) is 11.6 Å². The third-order valence-electron chi connectivity index (χ3n) is 2.18. The van der Waals surface area contributed by atoms with Crippen molar-refractivity contribution in [2.75, 3.05) is 5.32 Å². The summed E-state index contributed by atoms with van der Waals surface area (Å²) in [6.07, 6.45) is 1.88. The lowest BCUT2D eigenvalue weighted by atomic mass is 10.2. The smallest absolute Gasteiger partial charge is 0.0795 e. The molecule has 0 aliphatic heterocycles. The second kappa shape index (κ2) is 5.17. The highest BCUT2D eigenvalue weighted by molar-refractivity contribution is 9.10. The van der Waals surface area contributed by atoms with Crippen LogP contribution in [0.15, 0.2) is 34.4 Å². The van der Waals surface area contributed by atoms with Crippen LogP contribution < -0.4 is 5.32 Å². The summed E-state index contributed by atoms with van der Waals surface area (Å²) in [6, 6.07) is 5.95. The van der Waals surface area contributed by atoms with Crippen molar-refractivity contribution in [2.45, 2.75) is 13.0 Å². The van der Waals surface area contributed by atoms with Crippen LogP contribution in [0.2, 0.25) is 5.02 Å². The van der Waals surface area contributed by atoms with Gasteiger partial charge in [0.2, 0.25) is 0 Å². The second-order valence-electron chi connectivity index (χ2n) is 3.39. The first-order chi connectivity index (χ1) is 7.66. The molecule has 84 valence electrons. The van der Waals surface area contributed by atoms with Gasteiger partial charge in [0, 0.05) is 26.3 Å². The fourth-order valence-electron chi connectivity index (χ4n) is 1.35. The Hall–Kier alpha value is -0.580. The molecule has 1 unspecified atom stereocenters. The van der Waals surface area contributed by atoms with Gasteiger partial charge in [-0.25, -0.2) is 0 Å². The van der Waals surface area contributed by atoms with Crippen LogP contribution in [-0.2, 0) is 0 Å². The van der Waals surface area contributed by atoms with E-state index in [1.165, 1.54) is 4.88 Å². The number of nitrogens with one attached hydrogen (secondary N) is 1. The van der Waals surface area contributed by atoms with E-state index in [2.05, 4.69) is 33.2 Å². The van der Waals surface area contributed by atoms with Crippen molar-refractivity contribution in [3.05, 3.63) is 44.3 Å². The van der Waals surface area contributed by atoms with Crippen molar-refractivity contribution in [1.82, 2.24) is 4.98 Å². The molecule has 16 heavy (non-hydrogen) atoms. The lowest BCUT2D eigenvalue weighted by molar-refractivity contribution is 0.902. The van der Waals surface area contributed by atoms with E-state index < -0.39 is 0 Å². The number of rotatable bonds is 3. The van der Waals surface area contributed by atoms with Crippen LogP contribution in [0.1, 0.15) is 17.8 Å². The molecule has 2 nitrogen and oxygen atoms in total. The fourth-order valence-corrected chi connectivity index (χ4v) is 2.78. The van der Waals surface area contributed by atoms with Crippen molar-refractivity contribution in [2.24, 2.45) is 0 Å². The van der Waals surface area contributed by atoms with Crippen LogP contribution in [0.4, 0.5) is 5.69 Å². The monoisotopic (exact) mass is 316 g/mol. The standard InChI is InChI=1S/C11H10BrClN2S/c1-7(11-5-14-6-16-11)15-10-3-2-8(13)4-9(10)12/h2-7,15H,1H3. The molecule has 1 aromatic heterocycles. The van der Waals surface area contributed by atoms with Gasteiger partial charge in [0.15, 0.2) is 0 Å². The van der Waals surface area contributed by atoms with Crippen LogP contribution >= 0.6 is 38.9 Å². The van der Waals surface area contributed by atoms with Crippen LogP contribution in [0, 0.1) is 0 Å². The molecule has 2 aromatic rings. The minimum absolute atomic E-state index is 0.241. The molecular formula is C11H10BrClN2S. The second-order valence-corrected chi connectivity index (χ2v) is 5.60. The van der Waals surface area contributed by atoms with Gasteiger partial charge in [-0.2, -0.15) is 0 Å². The molecule has 0 bridgehead atoms. The summed E-state index contributed by atoms with van der Waals surface area (Å²) < 4.78 is 0.969. The zero-order valence-electron chi connectivity index (χ0n) is 8.58. The van der Waals surface area contributed by atoms with E-state index in [0.29, 0.717) is 0 Å². The van der Waals surface area contributed by atoms with Crippen molar-refractivity contribution in [3.63, 3.8) is 0 Å². The van der Waals surface area contributed by atoms with Gasteiger partial charge in [-0.05, 0) is 41.1 Å². The van der Waals surface area contributed by atoms with Crippen molar-refractivity contribution in [1.29, 1.82) is 0 Å². The first-order valence-electron chi connectivity index (χ1n) is 4.77. The van der Waals surface area contributed by atoms with Gasteiger partial charge in [-0.15, -0.1) is 11.3 Å². The molecule has 0 amide bonds. The fraction of sp³-hybridized carbons (Fsp3) is 0.182. The minimum Gasteiger partial charge on any atom is -0.377 e. The summed E-state index contributed by atoms with van der Waals surface area (Å²) in [6.45, 7) is 2.11. The highest BCUT2D eigenvalue weighted by atomic mass is 79.9. The maximum absolute atomic E-state index is 5.89. The van der Waals surface area contributed by atoms with Crippen LogP contribution in [-0.4, -0.2) is 4.98 Å². The maximum atomic E-state index is 5.89. The van der Waals surface area contributed by atoms with Gasteiger partial charge < -0.3 is 5.32 Å². The molecule has 0 saturated carbocycles. The van der Waals surface area contributed by atoms with Gasteiger partial charge in [0.25, 0.3) is 0 Å². The maximum Gasteiger partial charge on any atom is 0.0795 e. The van der Waals surface area contributed by atoms with Crippen molar-refractivity contribution >= 4 is 44.6 Å². The molecule has 1 atom stereocenters. The molecule has 1 N–H and O–H groups in total. The molecule has 0 radical (unpaired) electrons. The Bertz CT molecular complexity index is 473. The molecule has 1 aromatic carbocycles. The predicted octanol–water partition coefficient (Wildman–Crippen LogP) is 4.73. The van der Waals surface area contributed by atoms with Gasteiger partial charge in [0.05, 0.1) is 11.6 Å². The predicted molar refractivity (Wildman–Crippen MR) is 73.3 cm³/mol. The third kappa shape index (κ3) is 2.75. The Morgan fingerprint density at radius 2 is 2.31 bits per heavy atom. The minimum atomic E-state index is 0.241. The lowest BCUT2D eigenvalue weighted by Crippen LogP contribution is -2.05. The average molecular weight is 318 g/mol. The van der Waals surface area contributed by atoms with E-state index in [0.717, 1.165) is 15.2 Å². The number of thiazole rings is 1. The van der Waals surface area contributed by atoms with E-state index in [-0.39, 0.29) is 6.04 Å². The lowest BCUT2D eigenvalue weighted by Gasteiger charge is -2.14. The summed E-state index contributed by atoms with van der Waals surface area (Å²) >= 11 is 11.0. The summed E-state index contributed by atoms with van der Waals surface area (Å²) in [7, 11) is 0. The average Bonchev–Trinajstić information content (AvgIpc) is 2.75. The molecule has 0 aliphatic rings. The molecule has 5 heteroatoms. The SMILES string of the molecule is CC(Nc1ccc(Cl)cc1Br)c1cncs1. The van der Waals surface area contributed by atoms with Gasteiger partial charge in [-0.3, -0.25) is 4.98 Å². The highest BCUT2D eigenvalue weighted by Gasteiger charge is 2.08. The Balaban J connectivity index is 2.15. The van der Waals surface area contributed by atoms with Gasteiger partial charge in [0.1, 0.15) is 0 Å². The molecule has 0 spiro atoms. The van der Waals surface area contributed by atoms with E-state index in [9.17, 15) is 0 Å². The Morgan fingerprint density at radius 3 is 2.94 bits per heavy atom. The van der Waals surface area contributed by atoms with E-state index in [4.69, 9.17) is 11.6 Å². The quantitative estimate of drug-likeness (QED) is 0.885. The van der Waals surface area contributed by atoms with Crippen LogP contribution in [0.3, 0.4) is 0 Å². The Morgan fingerprint density at radius 1 is 1.50 bits per heavy atom. The van der Waals surface area contributed by atoms with E-state index >= 15 is 0 Å². The number of aromatic nitrogens is 1. The summed E-state index contributed by atoms with van der Waals surface area (Å²) in [5.74, 6) is 0. The summed E-state index contributed by atoms with van der Waals surface area (Å²) in [5, 5.41) is 4.13. The Kier molecular flexibility index (Phi) is 3.84. The van der Waals surface area contributed by atoms with Crippen molar-refractivity contribution < 1.29 is 0 Å². The normalized spacial score (nSPS) is 12.4. The largest absolute Gasteiger partial charge is 0.377 e. The van der Waals surface area contributed by atoms with E-state index in [1.54, 1.807) is 11.3 Å². The van der Waals surface area contributed by atoms with Gasteiger partial charge >= 0.3 is 0 Å². The van der Waals surface area contributed by atoms with E-state index in [1.807, 2.05) is 29.9 Å². The molecule has 2 rings (SSSR count). The topological polar surface area (TPSA) is 24.9 Å². The number of halogens is 2. The molecule has 0 aliphatic carbocycles. The Labute approximate surface area is 112 Å². The number of benzene rings is 1. The summed E-state index contributed by atoms with van der Waals surface area (Å²) in [5.41, 5.74) is 2.87. The zero-order valence-corrected chi connectivity index (χ0v) is 11.7. The highest BCUT2D eigenvalue weighted by Crippen LogP contribution is 2.29. The molecule has 0 saturated heterocycles. The molecular weight excluding hydrogens is 308 g/mol. The van der Waals surface area contributed by atoms with Crippen molar-refractivity contribution in [3.8, 4) is 0 Å². The summed E-state index contributed by atoms with van der Waals surface area (Å²) in [4.78, 5) is 5.28. The van der Waals surface area contributed by atoms with Crippen LogP contribution in [0.25, 0.3) is 0 Å². The first kappa shape index (κ1) is 11.9. The number of nitrogens with zero attached hydrogens (tertiary/aromatic N) is 1. The number of anilines is 1. The van der Waals surface area contributed by atoms with Crippen LogP contribution in [0.5, 0.6) is 0 Å². The first-order valence-corrected chi connectivity index (χ1v) is 6.82. The zero-order chi connectivity index (χ0) is 11.5. The molecule has 1 heterocycles. The third-order valence-corrected chi connectivity index (χ3v) is 4.03. The molecule has 0 fully saturated rings. The number of hydrogen-bond acceptors (Lipinski definition) is 3.